The largest absolute Gasteiger partial charge is 0.411 e. The first-order valence-electron chi connectivity index (χ1n) is 7.77. The molecule has 4 nitrogen and oxygen atoms in total. The highest BCUT2D eigenvalue weighted by atomic mass is 35.5. The van der Waals surface area contributed by atoms with Crippen molar-refractivity contribution in [2.24, 2.45) is 0 Å². The fourth-order valence-electron chi connectivity index (χ4n) is 2.57. The Balaban J connectivity index is 1.54. The monoisotopic (exact) mass is 367 g/mol. The van der Waals surface area contributed by atoms with Crippen LogP contribution in [0.5, 0.6) is 0 Å². The average Bonchev–Trinajstić information content (AvgIpc) is 3.09. The van der Waals surface area contributed by atoms with E-state index < -0.39 is 0 Å². The molecule has 0 aliphatic rings. The van der Waals surface area contributed by atoms with Crippen LogP contribution in [0.15, 0.2) is 64.2 Å². The molecule has 0 atom stereocenters. The standard InChI is InChI=1S/C19H14ClN3OS/c1-12-6-2-4-8-15(12)18-22-23-19(24-18)25-11-14-10-13-7-3-5-9-16(13)21-17(14)20/h2-10H,11H2,1H3. The average molecular weight is 368 g/mol. The molecule has 0 fully saturated rings. The number of hydrogen-bond donors (Lipinski definition) is 0. The number of pyridine rings is 1. The minimum absolute atomic E-state index is 0.504. The van der Waals surface area contributed by atoms with Crippen molar-refractivity contribution in [3.63, 3.8) is 0 Å². The molecular formula is C19H14ClN3OS. The van der Waals surface area contributed by atoms with Gasteiger partial charge in [-0.15, -0.1) is 10.2 Å². The maximum absolute atomic E-state index is 6.30. The Bertz CT molecular complexity index is 1050. The number of halogens is 1. The van der Waals surface area contributed by atoms with E-state index in [1.807, 2.05) is 55.5 Å². The fourth-order valence-corrected chi connectivity index (χ4v) is 3.59. The predicted octanol–water partition coefficient (Wildman–Crippen LogP) is 5.54. The third-order valence-corrected chi connectivity index (χ3v) is 5.08. The molecule has 0 saturated carbocycles. The van der Waals surface area contributed by atoms with E-state index in [9.17, 15) is 0 Å². The molecule has 4 rings (SSSR count). The Hall–Kier alpha value is -2.37. The summed E-state index contributed by atoms with van der Waals surface area (Å²) in [7, 11) is 0. The quantitative estimate of drug-likeness (QED) is 0.350. The highest BCUT2D eigenvalue weighted by Gasteiger charge is 2.12. The summed E-state index contributed by atoms with van der Waals surface area (Å²) < 4.78 is 5.78. The Morgan fingerprint density at radius 1 is 1.04 bits per heavy atom. The van der Waals surface area contributed by atoms with Crippen LogP contribution >= 0.6 is 23.4 Å². The molecule has 0 spiro atoms. The molecule has 4 aromatic rings. The molecule has 0 amide bonds. The summed E-state index contributed by atoms with van der Waals surface area (Å²) in [4.78, 5) is 4.44. The third kappa shape index (κ3) is 3.38. The first-order chi connectivity index (χ1) is 12.2. The van der Waals surface area contributed by atoms with Gasteiger partial charge in [-0.3, -0.25) is 0 Å². The minimum Gasteiger partial charge on any atom is -0.411 e. The highest BCUT2D eigenvalue weighted by Crippen LogP contribution is 2.30. The molecule has 25 heavy (non-hydrogen) atoms. The van der Waals surface area contributed by atoms with Gasteiger partial charge in [-0.2, -0.15) is 0 Å². The number of thioether (sulfide) groups is 1. The molecular weight excluding hydrogens is 354 g/mol. The number of aryl methyl sites for hydroxylation is 1. The molecule has 0 saturated heterocycles. The summed E-state index contributed by atoms with van der Waals surface area (Å²) in [6, 6.07) is 17.9. The number of para-hydroxylation sites is 1. The van der Waals surface area contributed by atoms with Gasteiger partial charge in [-0.05, 0) is 30.7 Å². The zero-order valence-corrected chi connectivity index (χ0v) is 15.0. The lowest BCUT2D eigenvalue weighted by atomic mass is 10.1. The van der Waals surface area contributed by atoms with Crippen LogP contribution in [-0.2, 0) is 5.75 Å². The van der Waals surface area contributed by atoms with Crippen LogP contribution in [0, 0.1) is 6.92 Å². The van der Waals surface area contributed by atoms with E-state index in [0.29, 0.717) is 22.0 Å². The van der Waals surface area contributed by atoms with Crippen molar-refractivity contribution in [2.75, 3.05) is 0 Å². The first-order valence-corrected chi connectivity index (χ1v) is 9.13. The number of rotatable bonds is 4. The smallest absolute Gasteiger partial charge is 0.277 e. The molecule has 0 aliphatic carbocycles. The molecule has 2 aromatic carbocycles. The number of benzene rings is 2. The van der Waals surface area contributed by atoms with E-state index in [1.54, 1.807) is 0 Å². The number of nitrogens with zero attached hydrogens (tertiary/aromatic N) is 3. The maximum Gasteiger partial charge on any atom is 0.277 e. The second-order valence-electron chi connectivity index (χ2n) is 5.61. The molecule has 124 valence electrons. The molecule has 0 bridgehead atoms. The third-order valence-electron chi connectivity index (χ3n) is 3.88. The van der Waals surface area contributed by atoms with Gasteiger partial charge in [0, 0.05) is 22.3 Å². The summed E-state index contributed by atoms with van der Waals surface area (Å²) in [5.41, 5.74) is 3.89. The Morgan fingerprint density at radius 2 is 1.84 bits per heavy atom. The summed E-state index contributed by atoms with van der Waals surface area (Å²) in [6.07, 6.45) is 0. The molecule has 0 unspecified atom stereocenters. The SMILES string of the molecule is Cc1ccccc1-c1nnc(SCc2cc3ccccc3nc2Cl)o1. The zero-order valence-electron chi connectivity index (χ0n) is 13.4. The Labute approximate surface area is 154 Å². The van der Waals surface area contributed by atoms with Gasteiger partial charge in [0.25, 0.3) is 5.22 Å². The first kappa shape index (κ1) is 16.1. The van der Waals surface area contributed by atoms with E-state index in [4.69, 9.17) is 16.0 Å². The topological polar surface area (TPSA) is 51.8 Å². The van der Waals surface area contributed by atoms with Gasteiger partial charge >= 0.3 is 0 Å². The lowest BCUT2D eigenvalue weighted by Crippen LogP contribution is -1.88. The van der Waals surface area contributed by atoms with Crippen LogP contribution in [0.1, 0.15) is 11.1 Å². The van der Waals surface area contributed by atoms with Gasteiger partial charge in [-0.1, -0.05) is 59.8 Å². The van der Waals surface area contributed by atoms with E-state index in [-0.39, 0.29) is 0 Å². The molecule has 2 heterocycles. The molecule has 0 N–H and O–H groups in total. The van der Waals surface area contributed by atoms with Crippen molar-refractivity contribution in [3.05, 3.63) is 70.9 Å². The van der Waals surface area contributed by atoms with Gasteiger partial charge in [0.05, 0.1) is 5.52 Å². The summed E-state index contributed by atoms with van der Waals surface area (Å²) in [5, 5.41) is 10.4. The van der Waals surface area contributed by atoms with Crippen LogP contribution in [0.3, 0.4) is 0 Å². The van der Waals surface area contributed by atoms with Crippen LogP contribution < -0.4 is 0 Å². The minimum atomic E-state index is 0.504. The van der Waals surface area contributed by atoms with Gasteiger partial charge in [0.2, 0.25) is 5.89 Å². The van der Waals surface area contributed by atoms with Crippen molar-refractivity contribution in [2.45, 2.75) is 17.9 Å². The Morgan fingerprint density at radius 3 is 2.72 bits per heavy atom. The molecule has 0 aliphatic heterocycles. The second-order valence-corrected chi connectivity index (χ2v) is 6.89. The summed E-state index contributed by atoms with van der Waals surface area (Å²) >= 11 is 7.75. The van der Waals surface area contributed by atoms with Gasteiger partial charge < -0.3 is 4.42 Å². The number of aromatic nitrogens is 3. The zero-order chi connectivity index (χ0) is 17.2. The molecule has 0 radical (unpaired) electrons. The van der Waals surface area contributed by atoms with Crippen molar-refractivity contribution in [1.29, 1.82) is 0 Å². The fraction of sp³-hybridized carbons (Fsp3) is 0.105. The van der Waals surface area contributed by atoms with E-state index in [2.05, 4.69) is 21.2 Å². The van der Waals surface area contributed by atoms with E-state index in [1.165, 1.54) is 11.8 Å². The highest BCUT2D eigenvalue weighted by molar-refractivity contribution is 7.98. The molecule has 6 heteroatoms. The molecule has 2 aromatic heterocycles. The van der Waals surface area contributed by atoms with Crippen molar-refractivity contribution < 1.29 is 4.42 Å². The number of fused-ring (bicyclic) bond motifs is 1. The number of hydrogen-bond acceptors (Lipinski definition) is 5. The summed E-state index contributed by atoms with van der Waals surface area (Å²) in [5.74, 6) is 1.15. The van der Waals surface area contributed by atoms with Crippen molar-refractivity contribution in [3.8, 4) is 11.5 Å². The van der Waals surface area contributed by atoms with Crippen LogP contribution in [0.4, 0.5) is 0 Å². The van der Waals surface area contributed by atoms with Gasteiger partial charge in [0.15, 0.2) is 0 Å². The van der Waals surface area contributed by atoms with E-state index >= 15 is 0 Å². The lowest BCUT2D eigenvalue weighted by molar-refractivity contribution is 0.465. The lowest BCUT2D eigenvalue weighted by Gasteiger charge is -2.04. The van der Waals surface area contributed by atoms with Crippen LogP contribution in [-0.4, -0.2) is 15.2 Å². The predicted molar refractivity (Wildman–Crippen MR) is 101 cm³/mol. The maximum atomic E-state index is 6.30. The second kappa shape index (κ2) is 6.86. The van der Waals surface area contributed by atoms with Gasteiger partial charge in [0.1, 0.15) is 5.15 Å². The van der Waals surface area contributed by atoms with E-state index in [0.717, 1.165) is 27.6 Å². The van der Waals surface area contributed by atoms with Gasteiger partial charge in [-0.25, -0.2) is 4.98 Å². The van der Waals surface area contributed by atoms with Crippen LogP contribution in [0.2, 0.25) is 5.15 Å². The van der Waals surface area contributed by atoms with Crippen molar-refractivity contribution in [1.82, 2.24) is 15.2 Å². The normalized spacial score (nSPS) is 11.1. The van der Waals surface area contributed by atoms with Crippen molar-refractivity contribution >= 4 is 34.3 Å². The Kier molecular flexibility index (Phi) is 4.42. The van der Waals surface area contributed by atoms with Crippen LogP contribution in [0.25, 0.3) is 22.4 Å². The summed E-state index contributed by atoms with van der Waals surface area (Å²) in [6.45, 7) is 2.02.